The maximum atomic E-state index is 13.2. The number of methoxy groups -OCH3 is 1. The van der Waals surface area contributed by atoms with E-state index in [2.05, 4.69) is 71.2 Å². The number of carbonyl (C=O) groups is 4. The highest BCUT2D eigenvalue weighted by Gasteiger charge is 2.33. The summed E-state index contributed by atoms with van der Waals surface area (Å²) in [6, 6.07) is 35.6. The fourth-order valence-electron chi connectivity index (χ4n) is 11.1. The van der Waals surface area contributed by atoms with Gasteiger partial charge in [0, 0.05) is 112 Å². The lowest BCUT2D eigenvalue weighted by molar-refractivity contribution is -0.122. The lowest BCUT2D eigenvalue weighted by atomic mass is 9.89. The van der Waals surface area contributed by atoms with Crippen molar-refractivity contribution in [1.29, 1.82) is 0 Å². The molecule has 15 rings (SSSR count). The number of anilines is 3. The van der Waals surface area contributed by atoms with Gasteiger partial charge in [0.15, 0.2) is 0 Å². The monoisotopic (exact) mass is 1320 g/mol. The quantitative estimate of drug-likeness (QED) is 0.0489. The van der Waals surface area contributed by atoms with Gasteiger partial charge in [-0.2, -0.15) is 25.5 Å². The van der Waals surface area contributed by atoms with Gasteiger partial charge in [0.05, 0.1) is 87.8 Å². The second-order valence-electron chi connectivity index (χ2n) is 22.8. The van der Waals surface area contributed by atoms with Crippen molar-refractivity contribution in [3.63, 3.8) is 0 Å². The molecule has 0 unspecified atom stereocenters. The fourth-order valence-corrected chi connectivity index (χ4v) is 11.1. The highest BCUT2D eigenvalue weighted by atomic mass is 16.5. The van der Waals surface area contributed by atoms with Crippen LogP contribution in [0.5, 0.6) is 0 Å². The van der Waals surface area contributed by atoms with E-state index in [1.54, 1.807) is 93.2 Å². The highest BCUT2D eigenvalue weighted by Crippen LogP contribution is 2.37. The largest absolute Gasteiger partial charge is 0.483 e. The second-order valence-corrected chi connectivity index (χ2v) is 22.8. The summed E-state index contributed by atoms with van der Waals surface area (Å²) in [4.78, 5) is 78.6. The first-order valence-corrected chi connectivity index (χ1v) is 31.6. The summed E-state index contributed by atoms with van der Waals surface area (Å²) in [5, 5.41) is 43.5. The van der Waals surface area contributed by atoms with Crippen molar-refractivity contribution < 1.29 is 38.5 Å². The smallest absolute Gasteiger partial charge is 0.290 e. The number of aromatic nitrogens is 17. The Hall–Kier alpha value is -12.1. The lowest BCUT2D eigenvalue weighted by Gasteiger charge is -2.34. The number of rotatable bonds is 16. The molecule has 496 valence electrons. The first-order valence-electron chi connectivity index (χ1n) is 31.6. The Morgan fingerprint density at radius 3 is 1.23 bits per heavy atom. The standard InChI is InChI=1S/C25H24N6O2.2C22H21N7O2.CH2O2/c1-17-13-18(15-26-14-17)20-6-4-7-22(28-20)25(32)29-23-16-31(19-8-11-33-12-9-19)30-24(23)21-5-2-3-10-27-21;1-31-16-9-15(10-16)29-13-20(21(28-29)18-5-2-3-8-23-18)27-22(30)19-7-4-6-17(26-19)14-11-24-25-12-14;30-22(19-6-3-5-17(26-19)15-12-24-25-13-15)27-20-14-29(16-7-10-31-11-8-16)28-21(20)18-4-1-2-9-23-18;2-1-3/h2-7,10,13-16,19H,8-9,11-12H2,1H3,(H,29,32);2-8,11-13,15-16H,9-10H2,1H3,(H,24,25)(H,27,30);1-6,9,12-14,16H,7-8,10-11H2,(H,24,25)(H,27,30);1H,(H,2,3). The Balaban J connectivity index is 0.000000137. The number of nitrogens with one attached hydrogen (secondary N) is 5. The average Bonchev–Trinajstić information content (AvgIpc) is 1.70. The van der Waals surface area contributed by atoms with Gasteiger partial charge in [-0.3, -0.25) is 63.4 Å². The van der Waals surface area contributed by atoms with E-state index in [-0.39, 0.29) is 48.4 Å². The first-order chi connectivity index (χ1) is 48.1. The Morgan fingerprint density at radius 2 is 0.888 bits per heavy atom. The molecule has 98 heavy (non-hydrogen) atoms. The van der Waals surface area contributed by atoms with Gasteiger partial charge in [0.2, 0.25) is 0 Å². The van der Waals surface area contributed by atoms with Gasteiger partial charge < -0.3 is 35.3 Å². The van der Waals surface area contributed by atoms with E-state index in [1.165, 1.54) is 0 Å². The van der Waals surface area contributed by atoms with Crippen LogP contribution in [0.15, 0.2) is 190 Å². The van der Waals surface area contributed by atoms with Crippen LogP contribution in [-0.2, 0) is 19.0 Å². The molecule has 0 radical (unpaired) electrons. The van der Waals surface area contributed by atoms with Gasteiger partial charge in [0.1, 0.15) is 34.2 Å². The number of hydrogen-bond acceptors (Lipinski definition) is 19. The van der Waals surface area contributed by atoms with Crippen molar-refractivity contribution in [3.8, 4) is 67.9 Å². The van der Waals surface area contributed by atoms with Gasteiger partial charge in [0.25, 0.3) is 24.2 Å². The molecule has 1 saturated carbocycles. The van der Waals surface area contributed by atoms with Crippen molar-refractivity contribution in [2.24, 2.45) is 0 Å². The van der Waals surface area contributed by atoms with E-state index in [4.69, 9.17) is 39.4 Å². The summed E-state index contributed by atoms with van der Waals surface area (Å²) < 4.78 is 22.1. The minimum Gasteiger partial charge on any atom is -0.483 e. The van der Waals surface area contributed by atoms with Crippen LogP contribution < -0.4 is 16.0 Å². The van der Waals surface area contributed by atoms with Crippen LogP contribution in [0, 0.1) is 6.92 Å². The fraction of sp³-hybridized carbons (Fsp3) is 0.229. The molecule has 2 aliphatic heterocycles. The number of amides is 3. The zero-order valence-corrected chi connectivity index (χ0v) is 53.4. The number of nitrogens with zero attached hydrogens (tertiary/aromatic N) is 15. The highest BCUT2D eigenvalue weighted by molar-refractivity contribution is 6.06. The first kappa shape index (κ1) is 65.9. The third kappa shape index (κ3) is 16.3. The SMILES string of the molecule is COC1CC(n2cc(NC(=O)c3cccc(-c4cn[nH]c4)n3)c(-c3ccccn3)n2)C1.Cc1cncc(-c2cccc(C(=O)Nc3cn(C4CCOCC4)nc3-c3ccccn3)n2)c1.O=C(Nc1cn(C2CCOCC2)nc1-c1ccccn1)c1cccc(-c2cn[nH]c2)n1.O=CO. The zero-order valence-electron chi connectivity index (χ0n) is 53.4. The van der Waals surface area contributed by atoms with E-state index in [0.717, 1.165) is 60.8 Å². The molecule has 28 heteroatoms. The number of H-pyrrole nitrogens is 2. The molecular formula is C70H68N20O8. The van der Waals surface area contributed by atoms with E-state index in [9.17, 15) is 14.4 Å². The van der Waals surface area contributed by atoms with Crippen LogP contribution in [0.3, 0.4) is 0 Å². The van der Waals surface area contributed by atoms with Crippen molar-refractivity contribution >= 4 is 41.3 Å². The lowest BCUT2D eigenvalue weighted by Crippen LogP contribution is -2.32. The predicted octanol–water partition coefficient (Wildman–Crippen LogP) is 10.7. The topological polar surface area (TPSA) is 353 Å². The van der Waals surface area contributed by atoms with Crippen LogP contribution in [0.1, 0.15) is 93.7 Å². The molecular weight excluding hydrogens is 1250 g/mol. The number of ether oxygens (including phenoxy) is 3. The summed E-state index contributed by atoms with van der Waals surface area (Å²) >= 11 is 0. The average molecular weight is 1320 g/mol. The van der Waals surface area contributed by atoms with Crippen LogP contribution in [-0.4, -0.2) is 154 Å². The van der Waals surface area contributed by atoms with E-state index in [0.29, 0.717) is 112 Å². The zero-order chi connectivity index (χ0) is 67.6. The minimum absolute atomic E-state index is 0.224. The van der Waals surface area contributed by atoms with Crippen molar-refractivity contribution in [2.75, 3.05) is 49.5 Å². The molecule has 0 bridgehead atoms. The minimum atomic E-state index is -0.314. The molecule has 14 heterocycles. The molecule has 3 aliphatic rings. The number of pyridine rings is 7. The van der Waals surface area contributed by atoms with Crippen LogP contribution >= 0.6 is 0 Å². The van der Waals surface area contributed by atoms with Gasteiger partial charge in [-0.05, 0) is 130 Å². The summed E-state index contributed by atoms with van der Waals surface area (Å²) in [6.07, 6.45) is 26.6. The molecule has 2 saturated heterocycles. The number of aromatic amines is 2. The normalized spacial score (nSPS) is 15.1. The molecule has 0 spiro atoms. The molecule has 3 amide bonds. The number of aryl methyl sites for hydroxylation is 1. The number of carboxylic acid groups (broad SMARTS) is 1. The van der Waals surface area contributed by atoms with Crippen molar-refractivity contribution in [3.05, 3.63) is 212 Å². The van der Waals surface area contributed by atoms with E-state index in [1.807, 2.05) is 124 Å². The molecule has 0 aromatic carbocycles. The van der Waals surface area contributed by atoms with Gasteiger partial charge in [-0.25, -0.2) is 15.0 Å². The Kier molecular flexibility index (Phi) is 21.4. The summed E-state index contributed by atoms with van der Waals surface area (Å²) in [5.74, 6) is -0.930. The second kappa shape index (κ2) is 31.9. The van der Waals surface area contributed by atoms with E-state index >= 15 is 0 Å². The number of hydrogen-bond donors (Lipinski definition) is 6. The Labute approximate surface area is 561 Å². The van der Waals surface area contributed by atoms with Gasteiger partial charge in [-0.15, -0.1) is 0 Å². The van der Waals surface area contributed by atoms with Crippen LogP contribution in [0.2, 0.25) is 0 Å². The summed E-state index contributed by atoms with van der Waals surface area (Å²) in [5.41, 5.74) is 12.3. The van der Waals surface area contributed by atoms with Gasteiger partial charge in [-0.1, -0.05) is 36.4 Å². The molecule has 12 aromatic heterocycles. The van der Waals surface area contributed by atoms with Crippen LogP contribution in [0.4, 0.5) is 17.1 Å². The molecule has 3 fully saturated rings. The Morgan fingerprint density at radius 1 is 0.510 bits per heavy atom. The summed E-state index contributed by atoms with van der Waals surface area (Å²) in [6.45, 7) is 4.54. The maximum Gasteiger partial charge on any atom is 0.290 e. The predicted molar refractivity (Wildman–Crippen MR) is 362 cm³/mol. The molecule has 1 aliphatic carbocycles. The molecule has 28 nitrogen and oxygen atoms in total. The molecule has 0 atom stereocenters. The third-order valence-corrected chi connectivity index (χ3v) is 16.3. The third-order valence-electron chi connectivity index (χ3n) is 16.3. The summed E-state index contributed by atoms with van der Waals surface area (Å²) in [7, 11) is 1.72. The van der Waals surface area contributed by atoms with E-state index < -0.39 is 0 Å². The van der Waals surface area contributed by atoms with Gasteiger partial charge >= 0.3 is 0 Å². The molecule has 12 aromatic rings. The van der Waals surface area contributed by atoms with Crippen LogP contribution in [0.25, 0.3) is 67.9 Å². The van der Waals surface area contributed by atoms with Crippen molar-refractivity contribution in [2.45, 2.75) is 69.7 Å². The van der Waals surface area contributed by atoms with Crippen molar-refractivity contribution in [1.82, 2.24) is 84.6 Å². The maximum absolute atomic E-state index is 13.2. The number of carbonyl (C=O) groups excluding carboxylic acids is 3. The molecule has 6 N–H and O–H groups in total. The Bertz CT molecular complexity index is 4590.